The molecule has 104 valence electrons. The summed E-state index contributed by atoms with van der Waals surface area (Å²) in [6.07, 6.45) is 1.42. The van der Waals surface area contributed by atoms with E-state index in [1.165, 1.54) is 13.3 Å². The lowest BCUT2D eigenvalue weighted by Gasteiger charge is -2.09. The van der Waals surface area contributed by atoms with Gasteiger partial charge in [-0.3, -0.25) is 4.79 Å². The number of esters is 1. The van der Waals surface area contributed by atoms with Gasteiger partial charge >= 0.3 is 5.97 Å². The Kier molecular flexibility index (Phi) is 5.72. The molecule has 1 aromatic rings. The fourth-order valence-corrected chi connectivity index (χ4v) is 1.20. The van der Waals surface area contributed by atoms with Gasteiger partial charge in [0.1, 0.15) is 5.82 Å². The Morgan fingerprint density at radius 2 is 2.16 bits per heavy atom. The Balaban J connectivity index is 2.49. The summed E-state index contributed by atoms with van der Waals surface area (Å²) in [5.74, 6) is -0.000970. The quantitative estimate of drug-likeness (QED) is 0.726. The van der Waals surface area contributed by atoms with Gasteiger partial charge in [0.05, 0.1) is 13.7 Å². The first-order valence-corrected chi connectivity index (χ1v) is 5.95. The molecule has 0 bridgehead atoms. The van der Waals surface area contributed by atoms with Crippen LogP contribution in [-0.2, 0) is 9.53 Å². The van der Waals surface area contributed by atoms with E-state index in [9.17, 15) is 9.59 Å². The van der Waals surface area contributed by atoms with E-state index in [1.807, 2.05) is 13.8 Å². The number of hydrogen-bond acceptors (Lipinski definition) is 6. The van der Waals surface area contributed by atoms with Crippen LogP contribution in [-0.4, -0.2) is 42.0 Å². The van der Waals surface area contributed by atoms with Gasteiger partial charge in [0, 0.05) is 12.7 Å². The molecule has 0 aliphatic carbocycles. The third-order valence-electron chi connectivity index (χ3n) is 2.16. The number of ether oxygens (including phenoxy) is 1. The van der Waals surface area contributed by atoms with E-state index in [0.717, 1.165) is 0 Å². The Hall–Kier alpha value is -2.18. The van der Waals surface area contributed by atoms with Crippen molar-refractivity contribution in [2.45, 2.75) is 13.8 Å². The summed E-state index contributed by atoms with van der Waals surface area (Å²) in [6, 6.07) is 1.57. The van der Waals surface area contributed by atoms with Crippen molar-refractivity contribution in [3.05, 3.63) is 18.1 Å². The molecule has 0 aliphatic heterocycles. The minimum absolute atomic E-state index is 0.0462. The number of nitrogens with zero attached hydrogens (tertiary/aromatic N) is 2. The molecule has 1 rings (SSSR count). The molecule has 0 atom stereocenters. The molecule has 7 heteroatoms. The van der Waals surface area contributed by atoms with E-state index in [-0.39, 0.29) is 18.3 Å². The molecule has 2 N–H and O–H groups in total. The maximum Gasteiger partial charge on any atom is 0.376 e. The van der Waals surface area contributed by atoms with Crippen LogP contribution in [0.4, 0.5) is 5.82 Å². The summed E-state index contributed by atoms with van der Waals surface area (Å²) in [6.45, 7) is 4.74. The molecular weight excluding hydrogens is 248 g/mol. The summed E-state index contributed by atoms with van der Waals surface area (Å²) in [4.78, 5) is 30.4. The number of amides is 1. The van der Waals surface area contributed by atoms with Crippen molar-refractivity contribution in [3.63, 3.8) is 0 Å². The third-order valence-corrected chi connectivity index (χ3v) is 2.16. The number of nitrogens with one attached hydrogen (secondary N) is 2. The molecule has 0 spiro atoms. The van der Waals surface area contributed by atoms with Crippen LogP contribution < -0.4 is 10.6 Å². The predicted octanol–water partition coefficient (Wildman–Crippen LogP) is 0.447. The lowest BCUT2D eigenvalue weighted by Crippen LogP contribution is -2.32. The second kappa shape index (κ2) is 7.30. The molecule has 7 nitrogen and oxygen atoms in total. The van der Waals surface area contributed by atoms with Crippen molar-refractivity contribution in [1.29, 1.82) is 0 Å². The highest BCUT2D eigenvalue weighted by Crippen LogP contribution is 2.02. The summed E-state index contributed by atoms with van der Waals surface area (Å²) in [5.41, 5.74) is 0. The van der Waals surface area contributed by atoms with Crippen LogP contribution in [0.5, 0.6) is 0 Å². The van der Waals surface area contributed by atoms with Gasteiger partial charge in [0.15, 0.2) is 0 Å². The molecule has 19 heavy (non-hydrogen) atoms. The van der Waals surface area contributed by atoms with Crippen LogP contribution in [0.15, 0.2) is 12.3 Å². The second-order valence-electron chi connectivity index (χ2n) is 4.31. The first-order valence-electron chi connectivity index (χ1n) is 5.95. The fourth-order valence-electron chi connectivity index (χ4n) is 1.20. The molecule has 1 aromatic heterocycles. The molecule has 0 unspecified atom stereocenters. The fraction of sp³-hybridized carbons (Fsp3) is 0.500. The van der Waals surface area contributed by atoms with E-state index in [2.05, 4.69) is 25.3 Å². The van der Waals surface area contributed by atoms with Crippen molar-refractivity contribution >= 4 is 17.7 Å². The van der Waals surface area contributed by atoms with Gasteiger partial charge in [-0.25, -0.2) is 14.8 Å². The first kappa shape index (κ1) is 14.9. The minimum Gasteiger partial charge on any atom is -0.463 e. The van der Waals surface area contributed by atoms with Gasteiger partial charge in [-0.1, -0.05) is 13.8 Å². The summed E-state index contributed by atoms with van der Waals surface area (Å²) >= 11 is 0. The summed E-state index contributed by atoms with van der Waals surface area (Å²) < 4.78 is 4.51. The maximum atomic E-state index is 11.5. The lowest BCUT2D eigenvalue weighted by molar-refractivity contribution is -0.119. The smallest absolute Gasteiger partial charge is 0.376 e. The molecule has 0 saturated carbocycles. The number of hydrogen-bond donors (Lipinski definition) is 2. The van der Waals surface area contributed by atoms with E-state index in [0.29, 0.717) is 18.3 Å². The molecule has 1 amide bonds. The number of carbonyl (C=O) groups is 2. The third kappa shape index (κ3) is 5.33. The zero-order valence-corrected chi connectivity index (χ0v) is 11.3. The van der Waals surface area contributed by atoms with Crippen LogP contribution in [0.25, 0.3) is 0 Å². The van der Waals surface area contributed by atoms with Crippen molar-refractivity contribution in [3.8, 4) is 0 Å². The predicted molar refractivity (Wildman–Crippen MR) is 69.7 cm³/mol. The van der Waals surface area contributed by atoms with Gasteiger partial charge in [0.25, 0.3) is 0 Å². The number of carbonyl (C=O) groups excluding carboxylic acids is 2. The number of aromatic nitrogens is 2. The van der Waals surface area contributed by atoms with E-state index < -0.39 is 5.97 Å². The molecule has 0 aromatic carbocycles. The highest BCUT2D eigenvalue weighted by atomic mass is 16.5. The molecule has 1 heterocycles. The van der Waals surface area contributed by atoms with E-state index in [1.54, 1.807) is 6.07 Å². The van der Waals surface area contributed by atoms with Crippen LogP contribution in [0.1, 0.15) is 24.5 Å². The van der Waals surface area contributed by atoms with Crippen molar-refractivity contribution in [1.82, 2.24) is 15.3 Å². The Labute approximate surface area is 111 Å². The van der Waals surface area contributed by atoms with Crippen LogP contribution >= 0.6 is 0 Å². The highest BCUT2D eigenvalue weighted by Gasteiger charge is 2.10. The standard InChI is InChI=1S/C12H18N4O3/c1-8(2)6-15-10(17)7-14-9-4-5-13-11(16-9)12(18)19-3/h4-5,8H,6-7H2,1-3H3,(H,15,17)(H,13,14,16). The van der Waals surface area contributed by atoms with Crippen LogP contribution in [0.2, 0.25) is 0 Å². The number of rotatable bonds is 6. The lowest BCUT2D eigenvalue weighted by atomic mass is 10.2. The summed E-state index contributed by atoms with van der Waals surface area (Å²) in [7, 11) is 1.26. The van der Waals surface area contributed by atoms with Gasteiger partial charge in [0.2, 0.25) is 11.7 Å². The largest absolute Gasteiger partial charge is 0.463 e. The van der Waals surface area contributed by atoms with Crippen molar-refractivity contribution in [2.75, 3.05) is 25.5 Å². The molecule has 0 radical (unpaired) electrons. The van der Waals surface area contributed by atoms with Crippen LogP contribution in [0, 0.1) is 5.92 Å². The van der Waals surface area contributed by atoms with Crippen LogP contribution in [0.3, 0.4) is 0 Å². The van der Waals surface area contributed by atoms with Crippen molar-refractivity contribution < 1.29 is 14.3 Å². The zero-order valence-electron chi connectivity index (χ0n) is 11.3. The van der Waals surface area contributed by atoms with Crippen molar-refractivity contribution in [2.24, 2.45) is 5.92 Å². The Morgan fingerprint density at radius 3 is 2.79 bits per heavy atom. The zero-order chi connectivity index (χ0) is 14.3. The van der Waals surface area contributed by atoms with E-state index >= 15 is 0 Å². The SMILES string of the molecule is COC(=O)c1nccc(NCC(=O)NCC(C)C)n1. The van der Waals surface area contributed by atoms with Gasteiger partial charge < -0.3 is 15.4 Å². The normalized spacial score (nSPS) is 10.1. The number of methoxy groups -OCH3 is 1. The monoisotopic (exact) mass is 266 g/mol. The first-order chi connectivity index (χ1) is 9.02. The number of anilines is 1. The molecule has 0 aliphatic rings. The van der Waals surface area contributed by atoms with Gasteiger partial charge in [-0.05, 0) is 12.0 Å². The minimum atomic E-state index is -0.618. The van der Waals surface area contributed by atoms with Gasteiger partial charge in [-0.2, -0.15) is 0 Å². The van der Waals surface area contributed by atoms with E-state index in [4.69, 9.17) is 0 Å². The average molecular weight is 266 g/mol. The average Bonchev–Trinajstić information content (AvgIpc) is 2.42. The Bertz CT molecular complexity index is 448. The topological polar surface area (TPSA) is 93.2 Å². The highest BCUT2D eigenvalue weighted by molar-refractivity contribution is 5.85. The summed E-state index contributed by atoms with van der Waals surface area (Å²) in [5, 5.41) is 5.58. The molecular formula is C12H18N4O3. The Morgan fingerprint density at radius 1 is 1.42 bits per heavy atom. The second-order valence-corrected chi connectivity index (χ2v) is 4.31. The van der Waals surface area contributed by atoms with Gasteiger partial charge in [-0.15, -0.1) is 0 Å². The maximum absolute atomic E-state index is 11.5. The molecule has 0 fully saturated rings. The molecule has 0 saturated heterocycles.